The summed E-state index contributed by atoms with van der Waals surface area (Å²) in [5.74, 6) is 0. The number of aromatic nitrogens is 1. The highest BCUT2D eigenvalue weighted by Crippen LogP contribution is 2.26. The van der Waals surface area contributed by atoms with Gasteiger partial charge in [0.15, 0.2) is 0 Å². The molecule has 0 spiro atoms. The minimum atomic E-state index is -3.56. The average molecular weight is 487 g/mol. The molecule has 0 aliphatic carbocycles. The van der Waals surface area contributed by atoms with Crippen molar-refractivity contribution in [1.82, 2.24) is 14.2 Å². The molecule has 1 aromatic carbocycles. The monoisotopic (exact) mass is 485 g/mol. The fourth-order valence-corrected chi connectivity index (χ4v) is 5.19. The second kappa shape index (κ2) is 8.40. The number of hydrogen-bond acceptors (Lipinski definition) is 4. The number of sulfonamides is 1. The van der Waals surface area contributed by atoms with E-state index in [-0.39, 0.29) is 15.5 Å². The summed E-state index contributed by atoms with van der Waals surface area (Å²) < 4.78 is 27.7. The maximum Gasteiger partial charge on any atom is 0.244 e. The van der Waals surface area contributed by atoms with Crippen LogP contribution in [0.25, 0.3) is 0 Å². The van der Waals surface area contributed by atoms with Crippen molar-refractivity contribution in [3.8, 4) is 0 Å². The average Bonchev–Trinajstić information content (AvgIpc) is 2.64. The van der Waals surface area contributed by atoms with Gasteiger partial charge in [-0.2, -0.15) is 4.31 Å². The van der Waals surface area contributed by atoms with Gasteiger partial charge in [0.05, 0.1) is 4.47 Å². The second-order valence-electron chi connectivity index (χ2n) is 8.07. The summed E-state index contributed by atoms with van der Waals surface area (Å²) in [4.78, 5) is 6.38. The van der Waals surface area contributed by atoms with Gasteiger partial charge in [0, 0.05) is 38.9 Å². The van der Waals surface area contributed by atoms with Crippen molar-refractivity contribution >= 4 is 37.6 Å². The molecule has 152 valence electrons. The van der Waals surface area contributed by atoms with Crippen LogP contribution >= 0.6 is 27.5 Å². The Morgan fingerprint density at radius 2 is 1.71 bits per heavy atom. The molecular formula is C20H25BrClN3O2S. The fourth-order valence-electron chi connectivity index (χ4n) is 3.19. The van der Waals surface area contributed by atoms with E-state index in [4.69, 9.17) is 11.6 Å². The van der Waals surface area contributed by atoms with Gasteiger partial charge in [-0.1, -0.05) is 56.6 Å². The van der Waals surface area contributed by atoms with E-state index in [1.54, 1.807) is 0 Å². The van der Waals surface area contributed by atoms with Crippen molar-refractivity contribution < 1.29 is 8.42 Å². The lowest BCUT2D eigenvalue weighted by atomic mass is 9.87. The number of nitrogens with zero attached hydrogens (tertiary/aromatic N) is 3. The Labute approximate surface area is 180 Å². The highest BCUT2D eigenvalue weighted by Gasteiger charge is 2.29. The lowest BCUT2D eigenvalue weighted by Crippen LogP contribution is -2.48. The molecule has 0 N–H and O–H groups in total. The van der Waals surface area contributed by atoms with Crippen LogP contribution in [0, 0.1) is 0 Å². The van der Waals surface area contributed by atoms with E-state index in [2.05, 4.69) is 70.9 Å². The molecule has 1 aliphatic heterocycles. The number of benzene rings is 1. The molecular weight excluding hydrogens is 462 g/mol. The van der Waals surface area contributed by atoms with Crippen LogP contribution in [0.5, 0.6) is 0 Å². The molecule has 8 heteroatoms. The number of halogens is 2. The third-order valence-corrected chi connectivity index (χ3v) is 7.96. The Balaban J connectivity index is 1.61. The van der Waals surface area contributed by atoms with Gasteiger partial charge in [-0.3, -0.25) is 4.90 Å². The van der Waals surface area contributed by atoms with Crippen molar-refractivity contribution in [2.24, 2.45) is 0 Å². The van der Waals surface area contributed by atoms with Gasteiger partial charge in [0.25, 0.3) is 0 Å². The summed E-state index contributed by atoms with van der Waals surface area (Å²) in [6, 6.07) is 10.2. The SMILES string of the molecule is CC(C)(C)c1ccc(CN2CCN(S(=O)(=O)c3cnc(Cl)c(Br)c3)CC2)cc1. The van der Waals surface area contributed by atoms with E-state index in [0.717, 1.165) is 6.54 Å². The first kappa shape index (κ1) is 21.7. The van der Waals surface area contributed by atoms with Gasteiger partial charge < -0.3 is 0 Å². The molecule has 2 heterocycles. The summed E-state index contributed by atoms with van der Waals surface area (Å²) in [6.45, 7) is 9.76. The smallest absolute Gasteiger partial charge is 0.244 e. The molecule has 1 fully saturated rings. The summed E-state index contributed by atoms with van der Waals surface area (Å²) in [7, 11) is -3.56. The topological polar surface area (TPSA) is 53.5 Å². The fraction of sp³-hybridized carbons (Fsp3) is 0.450. The van der Waals surface area contributed by atoms with E-state index in [9.17, 15) is 8.42 Å². The molecule has 0 saturated carbocycles. The summed E-state index contributed by atoms with van der Waals surface area (Å²) in [5.41, 5.74) is 2.70. The lowest BCUT2D eigenvalue weighted by Gasteiger charge is -2.34. The second-order valence-corrected chi connectivity index (χ2v) is 11.2. The number of piperazine rings is 1. The largest absolute Gasteiger partial charge is 0.296 e. The molecule has 0 radical (unpaired) electrons. The third-order valence-electron chi connectivity index (χ3n) is 4.97. The molecule has 1 saturated heterocycles. The Morgan fingerprint density at radius 3 is 2.25 bits per heavy atom. The van der Waals surface area contributed by atoms with Gasteiger partial charge in [0.1, 0.15) is 10.0 Å². The minimum Gasteiger partial charge on any atom is -0.296 e. The molecule has 0 bridgehead atoms. The molecule has 28 heavy (non-hydrogen) atoms. The third kappa shape index (κ3) is 4.94. The summed E-state index contributed by atoms with van der Waals surface area (Å²) >= 11 is 9.11. The Bertz CT molecular complexity index is 935. The molecule has 5 nitrogen and oxygen atoms in total. The van der Waals surface area contributed by atoms with Crippen LogP contribution in [0.2, 0.25) is 5.15 Å². The van der Waals surface area contributed by atoms with Gasteiger partial charge in [-0.15, -0.1) is 0 Å². The highest BCUT2D eigenvalue weighted by atomic mass is 79.9. The maximum absolute atomic E-state index is 12.9. The van der Waals surface area contributed by atoms with Gasteiger partial charge in [-0.25, -0.2) is 13.4 Å². The first-order chi connectivity index (χ1) is 13.1. The quantitative estimate of drug-likeness (QED) is 0.605. The zero-order valence-corrected chi connectivity index (χ0v) is 19.5. The predicted octanol–water partition coefficient (Wildman–Crippen LogP) is 4.30. The van der Waals surface area contributed by atoms with E-state index in [1.807, 2.05) is 0 Å². The Hall–Kier alpha value is -0.990. The zero-order chi connectivity index (χ0) is 20.5. The standard InChI is InChI=1S/C20H25BrClN3O2S/c1-20(2,3)16-6-4-15(5-7-16)14-24-8-10-25(11-9-24)28(26,27)17-12-18(21)19(22)23-13-17/h4-7,12-13H,8-11,14H2,1-3H3. The van der Waals surface area contributed by atoms with E-state index in [1.165, 1.54) is 27.7 Å². The van der Waals surface area contributed by atoms with Gasteiger partial charge in [0.2, 0.25) is 10.0 Å². The lowest BCUT2D eigenvalue weighted by molar-refractivity contribution is 0.181. The first-order valence-corrected chi connectivity index (χ1v) is 11.8. The van der Waals surface area contributed by atoms with Crippen LogP contribution in [0.3, 0.4) is 0 Å². The van der Waals surface area contributed by atoms with Crippen LogP contribution in [-0.2, 0) is 22.0 Å². The Morgan fingerprint density at radius 1 is 1.11 bits per heavy atom. The first-order valence-electron chi connectivity index (χ1n) is 9.20. The summed E-state index contributed by atoms with van der Waals surface area (Å²) in [5, 5.41) is 0.251. The van der Waals surface area contributed by atoms with Crippen LogP contribution in [-0.4, -0.2) is 48.8 Å². The number of pyridine rings is 1. The molecule has 0 unspecified atom stereocenters. The molecule has 0 amide bonds. The molecule has 1 aromatic heterocycles. The van der Waals surface area contributed by atoms with Crippen molar-refractivity contribution in [1.29, 1.82) is 0 Å². The van der Waals surface area contributed by atoms with Crippen LogP contribution in [0.4, 0.5) is 0 Å². The normalized spacial score (nSPS) is 17.0. The molecule has 3 rings (SSSR count). The van der Waals surface area contributed by atoms with E-state index >= 15 is 0 Å². The van der Waals surface area contributed by atoms with Crippen LogP contribution in [0.1, 0.15) is 31.9 Å². The van der Waals surface area contributed by atoms with E-state index in [0.29, 0.717) is 30.7 Å². The molecule has 2 aromatic rings. The van der Waals surface area contributed by atoms with Crippen molar-refractivity contribution in [3.63, 3.8) is 0 Å². The summed E-state index contributed by atoms with van der Waals surface area (Å²) in [6.07, 6.45) is 1.31. The number of hydrogen-bond donors (Lipinski definition) is 0. The zero-order valence-electron chi connectivity index (χ0n) is 16.3. The predicted molar refractivity (Wildman–Crippen MR) is 116 cm³/mol. The Kier molecular flexibility index (Phi) is 6.51. The van der Waals surface area contributed by atoms with Crippen molar-refractivity contribution in [2.75, 3.05) is 26.2 Å². The van der Waals surface area contributed by atoms with Crippen molar-refractivity contribution in [2.45, 2.75) is 37.6 Å². The molecule has 1 aliphatic rings. The highest BCUT2D eigenvalue weighted by molar-refractivity contribution is 9.10. The number of rotatable bonds is 4. The molecule has 0 atom stereocenters. The van der Waals surface area contributed by atoms with Crippen LogP contribution in [0.15, 0.2) is 45.9 Å². The van der Waals surface area contributed by atoms with Gasteiger partial charge in [-0.05, 0) is 38.5 Å². The van der Waals surface area contributed by atoms with E-state index < -0.39 is 10.0 Å². The maximum atomic E-state index is 12.9. The van der Waals surface area contributed by atoms with Crippen LogP contribution < -0.4 is 0 Å². The van der Waals surface area contributed by atoms with Crippen molar-refractivity contribution in [3.05, 3.63) is 57.3 Å². The van der Waals surface area contributed by atoms with Gasteiger partial charge >= 0.3 is 0 Å². The minimum absolute atomic E-state index is 0.143.